The minimum absolute atomic E-state index is 0.153. The summed E-state index contributed by atoms with van der Waals surface area (Å²) in [5.74, 6) is -2.89. The van der Waals surface area contributed by atoms with E-state index in [0.29, 0.717) is 39.0 Å². The van der Waals surface area contributed by atoms with E-state index in [-0.39, 0.29) is 48.6 Å². The van der Waals surface area contributed by atoms with Crippen LogP contribution < -0.4 is 0 Å². The summed E-state index contributed by atoms with van der Waals surface area (Å²) in [6, 6.07) is 32.5. The molecule has 0 radical (unpaired) electrons. The van der Waals surface area contributed by atoms with Gasteiger partial charge in [0, 0.05) is 117 Å². The predicted molar refractivity (Wildman–Crippen MR) is 282 cm³/mol. The Morgan fingerprint density at radius 3 is 1.04 bits per heavy atom. The molecule has 12 nitrogen and oxygen atoms in total. The van der Waals surface area contributed by atoms with Gasteiger partial charge in [-0.15, -0.1) is 26.3 Å². The molecule has 0 saturated heterocycles. The summed E-state index contributed by atoms with van der Waals surface area (Å²) in [7, 11) is 5.70. The lowest BCUT2D eigenvalue weighted by atomic mass is 9.88. The lowest BCUT2D eigenvalue weighted by Crippen LogP contribution is -2.19. The largest absolute Gasteiger partial charge is 0.469 e. The van der Waals surface area contributed by atoms with Crippen LogP contribution in [-0.2, 0) is 77.1 Å². The first kappa shape index (κ1) is 48.9. The molecule has 12 heteroatoms. The van der Waals surface area contributed by atoms with Crippen LogP contribution in [0.15, 0.2) is 148 Å². The topological polar surface area (TPSA) is 125 Å². The number of methoxy groups -OCH3 is 4. The number of carbonyl (C=O) groups is 4. The van der Waals surface area contributed by atoms with Gasteiger partial charge in [0.15, 0.2) is 0 Å². The fourth-order valence-corrected chi connectivity index (χ4v) is 11.9. The van der Waals surface area contributed by atoms with Crippen molar-refractivity contribution in [3.05, 3.63) is 193 Å². The number of esters is 4. The molecule has 72 heavy (non-hydrogen) atoms. The molecule has 0 aliphatic heterocycles. The summed E-state index contributed by atoms with van der Waals surface area (Å²) in [4.78, 5) is 52.5. The van der Waals surface area contributed by atoms with Gasteiger partial charge < -0.3 is 37.2 Å². The van der Waals surface area contributed by atoms with E-state index in [1.165, 1.54) is 28.4 Å². The molecular weight excluding hydrogens is 905 g/mol. The number of carbonyl (C=O) groups excluding carboxylic acids is 4. The van der Waals surface area contributed by atoms with Crippen molar-refractivity contribution in [2.45, 2.75) is 75.5 Å². The molecule has 4 aromatic heterocycles. The van der Waals surface area contributed by atoms with E-state index in [9.17, 15) is 19.2 Å². The van der Waals surface area contributed by atoms with Gasteiger partial charge in [-0.2, -0.15) is 0 Å². The zero-order valence-corrected chi connectivity index (χ0v) is 41.4. The van der Waals surface area contributed by atoms with Gasteiger partial charge in [0.25, 0.3) is 0 Å². The third kappa shape index (κ3) is 8.14. The highest BCUT2D eigenvalue weighted by Crippen LogP contribution is 2.51. The van der Waals surface area contributed by atoms with Crippen molar-refractivity contribution in [2.24, 2.45) is 0 Å². The predicted octanol–water partition coefficient (Wildman–Crippen LogP) is 11.0. The van der Waals surface area contributed by atoms with Crippen molar-refractivity contribution in [1.29, 1.82) is 0 Å². The summed E-state index contributed by atoms with van der Waals surface area (Å²) in [6.45, 7) is 18.2. The molecular formula is C60H60N4O8. The maximum Gasteiger partial charge on any atom is 0.313 e. The highest BCUT2D eigenvalue weighted by Gasteiger charge is 2.43. The number of hydrogen-bond donors (Lipinski definition) is 0. The molecule has 0 N–H and O–H groups in total. The van der Waals surface area contributed by atoms with Crippen LogP contribution in [0.4, 0.5) is 0 Å². The lowest BCUT2D eigenvalue weighted by Gasteiger charge is -2.21. The van der Waals surface area contributed by atoms with Gasteiger partial charge >= 0.3 is 23.9 Å². The Hall–Kier alpha value is -8.12. The Morgan fingerprint density at radius 1 is 0.444 bits per heavy atom. The number of ether oxygens (including phenoxy) is 4. The Labute approximate surface area is 419 Å². The van der Waals surface area contributed by atoms with Gasteiger partial charge in [0.2, 0.25) is 0 Å². The van der Waals surface area contributed by atoms with Crippen LogP contribution in [0.25, 0.3) is 43.6 Å². The first-order valence-electron chi connectivity index (χ1n) is 24.3. The molecule has 0 unspecified atom stereocenters. The Bertz CT molecular complexity index is 3240. The maximum atomic E-state index is 13.4. The van der Waals surface area contributed by atoms with E-state index >= 15 is 0 Å². The van der Waals surface area contributed by atoms with Gasteiger partial charge in [0.05, 0.1) is 53.1 Å². The van der Waals surface area contributed by atoms with Crippen molar-refractivity contribution in [3.8, 4) is 0 Å². The van der Waals surface area contributed by atoms with Gasteiger partial charge in [0.1, 0.15) is 0 Å². The van der Waals surface area contributed by atoms with Gasteiger partial charge in [-0.1, -0.05) is 97.1 Å². The molecule has 10 rings (SSSR count). The molecule has 368 valence electrons. The first-order chi connectivity index (χ1) is 35.1. The molecule has 0 fully saturated rings. The highest BCUT2D eigenvalue weighted by molar-refractivity contribution is 5.97. The molecule has 2 aliphatic rings. The number of rotatable bonds is 14. The number of aromatic nitrogens is 4. The fraction of sp³-hybridized carbons (Fsp3) is 0.267. The van der Waals surface area contributed by atoms with E-state index in [2.05, 4.69) is 81.0 Å². The zero-order chi connectivity index (χ0) is 50.8. The molecule has 0 saturated carbocycles. The van der Waals surface area contributed by atoms with E-state index in [1.54, 1.807) is 0 Å². The average molecular weight is 965 g/mol. The minimum atomic E-state index is -0.532. The van der Waals surface area contributed by atoms with Crippen LogP contribution in [0.5, 0.6) is 0 Å². The zero-order valence-electron chi connectivity index (χ0n) is 41.4. The van der Waals surface area contributed by atoms with Crippen LogP contribution in [0.1, 0.15) is 81.5 Å². The van der Waals surface area contributed by atoms with Crippen LogP contribution in [-0.4, -0.2) is 70.6 Å². The summed E-state index contributed by atoms with van der Waals surface area (Å²) in [5.41, 5.74) is 12.0. The number of hydrogen-bond acceptors (Lipinski definition) is 8. The summed E-state index contributed by atoms with van der Waals surface area (Å²) in [5, 5.41) is 4.11. The molecule has 0 bridgehead atoms. The maximum absolute atomic E-state index is 13.4. The monoisotopic (exact) mass is 964 g/mol. The summed E-state index contributed by atoms with van der Waals surface area (Å²) in [6.07, 6.45) is 8.64. The lowest BCUT2D eigenvalue weighted by molar-refractivity contribution is -0.143. The van der Waals surface area contributed by atoms with Gasteiger partial charge in [-0.25, -0.2) is 0 Å². The van der Waals surface area contributed by atoms with E-state index in [4.69, 9.17) is 18.9 Å². The number of allylic oxidation sites excluding steroid dienone is 4. The summed E-state index contributed by atoms with van der Waals surface area (Å²) < 4.78 is 29.9. The van der Waals surface area contributed by atoms with Crippen molar-refractivity contribution in [1.82, 2.24) is 18.3 Å². The van der Waals surface area contributed by atoms with Crippen molar-refractivity contribution >= 4 is 67.5 Å². The molecule has 0 spiro atoms. The number of fused-ring (bicyclic) bond motifs is 12. The van der Waals surface area contributed by atoms with Gasteiger partial charge in [-0.05, 0) is 46.5 Å². The first-order valence-corrected chi connectivity index (χ1v) is 24.3. The quantitative estimate of drug-likeness (QED) is 0.0599. The Morgan fingerprint density at radius 2 is 0.736 bits per heavy atom. The van der Waals surface area contributed by atoms with Crippen molar-refractivity contribution in [2.75, 3.05) is 28.4 Å². The van der Waals surface area contributed by atoms with E-state index < -0.39 is 11.8 Å². The molecule has 8 aromatic rings. The smallest absolute Gasteiger partial charge is 0.313 e. The van der Waals surface area contributed by atoms with Crippen molar-refractivity contribution in [3.63, 3.8) is 0 Å². The molecule has 0 amide bonds. The van der Waals surface area contributed by atoms with Crippen LogP contribution in [0.3, 0.4) is 0 Å². The SMILES string of the molecule is C=CCn1c2c(c3ccccc31)[C@@H](CC(=O)OC)c1c(c3ccccc3n1CC=C)[C@H](C(=O)OC)C2.C=CCn1c2c(c3ccccc31)[C@H](CC(=O)OC)c1c(c3ccccc3n1CC=C)[C@@H](C(=O)OC)C2. The van der Waals surface area contributed by atoms with Crippen LogP contribution in [0.2, 0.25) is 0 Å². The summed E-state index contributed by atoms with van der Waals surface area (Å²) >= 11 is 0. The normalized spacial score (nSPS) is 16.7. The van der Waals surface area contributed by atoms with Crippen molar-refractivity contribution < 1.29 is 38.1 Å². The number of para-hydroxylation sites is 4. The Kier molecular flexibility index (Phi) is 14.0. The molecule has 4 heterocycles. The second kappa shape index (κ2) is 20.7. The minimum Gasteiger partial charge on any atom is -0.469 e. The number of benzene rings is 4. The third-order valence-electron chi connectivity index (χ3n) is 14.6. The van der Waals surface area contributed by atoms with E-state index in [1.807, 2.05) is 85.0 Å². The second-order valence-corrected chi connectivity index (χ2v) is 18.2. The standard InChI is InChI=1S/2C30H30N2O4/c2*1-5-15-31-23-13-9-7-11-19(23)27-21(18-26(33)35-3)29-28(22(17-25(27)31)30(34)36-4)20-12-8-10-14-24(20)32(29)16-6-2/h2*5-14,21-22H,1-2,15-18H2,3-4H3/t2*21-,22-/m10/s1. The Balaban J connectivity index is 0.000000178. The second-order valence-electron chi connectivity index (χ2n) is 18.2. The number of nitrogens with zero attached hydrogens (tertiary/aromatic N) is 4. The average Bonchev–Trinajstić information content (AvgIpc) is 4.04. The van der Waals surface area contributed by atoms with Crippen LogP contribution >= 0.6 is 0 Å². The molecule has 4 aromatic carbocycles. The van der Waals surface area contributed by atoms with Crippen LogP contribution in [0, 0.1) is 0 Å². The molecule has 4 atom stereocenters. The third-order valence-corrected chi connectivity index (χ3v) is 14.6. The fourth-order valence-electron chi connectivity index (χ4n) is 11.9. The van der Waals surface area contributed by atoms with Gasteiger partial charge in [-0.3, -0.25) is 19.2 Å². The highest BCUT2D eigenvalue weighted by atomic mass is 16.5. The van der Waals surface area contributed by atoms with E-state index in [0.717, 1.165) is 88.6 Å². The molecule has 2 aliphatic carbocycles.